The molecule has 0 bridgehead atoms. The van der Waals surface area contributed by atoms with Gasteiger partial charge in [-0.15, -0.1) is 46.7 Å². The van der Waals surface area contributed by atoms with Crippen LogP contribution < -0.4 is 0 Å². The number of rotatable bonds is 0. The van der Waals surface area contributed by atoms with Crippen molar-refractivity contribution in [1.29, 1.82) is 0 Å². The van der Waals surface area contributed by atoms with Crippen LogP contribution in [0.1, 0.15) is 5.56 Å². The molecule has 2 heteroatoms. The number of halogens is 1. The monoisotopic (exact) mass is 284 g/mol. The summed E-state index contributed by atoms with van der Waals surface area (Å²) in [6.45, 7) is 2.06. The molecule has 0 heterocycles. The Morgan fingerprint density at radius 3 is 2.54 bits per heavy atom. The summed E-state index contributed by atoms with van der Waals surface area (Å²) in [5.74, 6) is 0. The van der Waals surface area contributed by atoms with E-state index >= 15 is 0 Å². The van der Waals surface area contributed by atoms with Gasteiger partial charge in [-0.05, 0) is 0 Å². The first kappa shape index (κ1) is 10.9. The number of hydrogen-bond acceptors (Lipinski definition) is 0. The molecule has 0 fully saturated rings. The summed E-state index contributed by atoms with van der Waals surface area (Å²) in [7, 11) is 0. The van der Waals surface area contributed by atoms with E-state index in [0.717, 1.165) is 0 Å². The van der Waals surface area contributed by atoms with Crippen molar-refractivity contribution in [3.63, 3.8) is 0 Å². The predicted octanol–water partition coefficient (Wildman–Crippen LogP) is 3.79. The van der Waals surface area contributed by atoms with Crippen LogP contribution in [0.4, 0.5) is 0 Å². The third-order valence-corrected chi connectivity index (χ3v) is 1.81. The number of benzene rings is 2. The molecule has 0 aliphatic rings. The molecule has 0 atom stereocenters. The number of aryl methyl sites for hydroxylation is 1. The van der Waals surface area contributed by atoms with Crippen LogP contribution in [-0.2, 0) is 16.3 Å². The van der Waals surface area contributed by atoms with Crippen LogP contribution in [0.15, 0.2) is 36.4 Å². The molecule has 0 aromatic heterocycles. The molecule has 0 saturated carbocycles. The zero-order chi connectivity index (χ0) is 9.68. The zero-order valence-electron chi connectivity index (χ0n) is 7.55. The third kappa shape index (κ3) is 2.89. The topological polar surface area (TPSA) is 0 Å². The van der Waals surface area contributed by atoms with Crippen molar-refractivity contribution in [2.24, 2.45) is 0 Å². The van der Waals surface area contributed by atoms with Crippen molar-refractivity contribution in [1.82, 2.24) is 0 Å². The second-order valence-corrected chi connectivity index (χ2v) is 2.73. The Balaban J connectivity index is 0.000000396. The van der Waals surface area contributed by atoms with E-state index < -0.39 is 0 Å². The van der Waals surface area contributed by atoms with Crippen LogP contribution in [0, 0.1) is 13.0 Å². The van der Waals surface area contributed by atoms with E-state index in [1.165, 1.54) is 32.7 Å². The molecule has 0 spiro atoms. The number of fused-ring (bicyclic) bond motifs is 1. The Kier molecular flexibility index (Phi) is 4.62. The van der Waals surface area contributed by atoms with Gasteiger partial charge in [-0.2, -0.15) is 0 Å². The van der Waals surface area contributed by atoms with Gasteiger partial charge in [-0.1, -0.05) is 19.1 Å². The van der Waals surface area contributed by atoms with Gasteiger partial charge < -0.3 is 0 Å². The normalized spacial score (nSPS) is 9.23. The van der Waals surface area contributed by atoms with E-state index in [1.807, 2.05) is 12.1 Å². The molecule has 0 radical (unpaired) electrons. The Morgan fingerprint density at radius 1 is 1.08 bits per heavy atom. The summed E-state index contributed by atoms with van der Waals surface area (Å²) in [5, 5.41) is 2.46. The van der Waals surface area contributed by atoms with E-state index in [1.54, 1.807) is 0 Å². The fourth-order valence-electron chi connectivity index (χ4n) is 1.23. The van der Waals surface area contributed by atoms with Crippen LogP contribution in [0.3, 0.4) is 0 Å². The van der Waals surface area contributed by atoms with Gasteiger partial charge in [0.05, 0.1) is 0 Å². The molecule has 0 nitrogen and oxygen atoms in total. The third-order valence-electron chi connectivity index (χ3n) is 1.81. The molecule has 2 rings (SSSR count). The molecule has 62 valence electrons. The fraction of sp³-hybridized carbons (Fsp3) is 0.0909. The predicted molar refractivity (Wildman–Crippen MR) is 56.4 cm³/mol. The van der Waals surface area contributed by atoms with Gasteiger partial charge in [0.1, 0.15) is 0 Å². The summed E-state index contributed by atoms with van der Waals surface area (Å²) in [5.41, 5.74) is 1.20. The van der Waals surface area contributed by atoms with Crippen LogP contribution in [0.5, 0.6) is 0 Å². The molecule has 0 aliphatic carbocycles. The summed E-state index contributed by atoms with van der Waals surface area (Å²) in [6, 6.07) is 15.8. The van der Waals surface area contributed by atoms with Gasteiger partial charge in [0.25, 0.3) is 0 Å². The van der Waals surface area contributed by atoms with Gasteiger partial charge in [0, 0.05) is 0 Å². The second-order valence-electron chi connectivity index (χ2n) is 2.73. The maximum absolute atomic E-state index is 3.29. The van der Waals surface area contributed by atoms with Crippen molar-refractivity contribution >= 4 is 24.4 Å². The standard InChI is InChI=1S/C11H9.BrH.Zn/c1-9-6-7-10-4-2-3-5-11(10)8-9;;/h2-7H,1H3;1H;/q-1;;+2/p-1. The molecular weight excluding hydrogens is 277 g/mol. The molecule has 0 unspecified atom stereocenters. The molecular formula is C11H9BrZn. The molecule has 0 amide bonds. The minimum absolute atomic E-state index is 1.19. The average molecular weight is 286 g/mol. The van der Waals surface area contributed by atoms with Gasteiger partial charge >= 0.3 is 30.0 Å². The van der Waals surface area contributed by atoms with Gasteiger partial charge in [0.15, 0.2) is 0 Å². The molecule has 0 saturated heterocycles. The molecule has 13 heavy (non-hydrogen) atoms. The minimum atomic E-state index is 1.19. The summed E-state index contributed by atoms with van der Waals surface area (Å²) < 4.78 is 0. The van der Waals surface area contributed by atoms with Crippen molar-refractivity contribution in [2.75, 3.05) is 0 Å². The van der Waals surface area contributed by atoms with E-state index in [4.69, 9.17) is 0 Å². The first-order valence-corrected chi connectivity index (χ1v) is 11.0. The Bertz CT molecular complexity index is 385. The summed E-state index contributed by atoms with van der Waals surface area (Å²) in [6.07, 6.45) is 0. The summed E-state index contributed by atoms with van der Waals surface area (Å²) >= 11 is 4.25. The van der Waals surface area contributed by atoms with Crippen LogP contribution >= 0.6 is 13.6 Å². The molecule has 0 N–H and O–H groups in total. The van der Waals surface area contributed by atoms with Gasteiger partial charge in [0.2, 0.25) is 0 Å². The van der Waals surface area contributed by atoms with Gasteiger partial charge in [-0.25, -0.2) is 0 Å². The molecule has 2 aromatic rings. The Hall–Kier alpha value is -0.197. The quantitative estimate of drug-likeness (QED) is 0.510. The molecule has 2 aromatic carbocycles. The average Bonchev–Trinajstić information content (AvgIpc) is 2.21. The van der Waals surface area contributed by atoms with Crippen molar-refractivity contribution in [3.05, 3.63) is 48.0 Å². The van der Waals surface area contributed by atoms with Crippen LogP contribution in [0.25, 0.3) is 10.8 Å². The maximum atomic E-state index is 3.29. The van der Waals surface area contributed by atoms with Crippen molar-refractivity contribution < 1.29 is 16.3 Å². The summed E-state index contributed by atoms with van der Waals surface area (Å²) in [4.78, 5) is 0. The van der Waals surface area contributed by atoms with Crippen molar-refractivity contribution in [2.45, 2.75) is 6.92 Å². The second kappa shape index (κ2) is 5.52. The van der Waals surface area contributed by atoms with Crippen LogP contribution in [0.2, 0.25) is 0 Å². The van der Waals surface area contributed by atoms with E-state index in [0.29, 0.717) is 0 Å². The SMILES string of the molecule is Cc1[c-]c2ccccc2cc1.[Zn+][Br]. The molecule has 0 aliphatic heterocycles. The van der Waals surface area contributed by atoms with E-state index in [2.05, 4.69) is 50.9 Å². The number of hydrogen-bond donors (Lipinski definition) is 0. The zero-order valence-corrected chi connectivity index (χ0v) is 12.1. The first-order chi connectivity index (χ1) is 6.36. The van der Waals surface area contributed by atoms with Gasteiger partial charge in [-0.3, -0.25) is 0 Å². The van der Waals surface area contributed by atoms with Crippen LogP contribution in [-0.4, -0.2) is 0 Å². The first-order valence-electron chi connectivity index (χ1n) is 4.01. The van der Waals surface area contributed by atoms with E-state index in [-0.39, 0.29) is 0 Å². The van der Waals surface area contributed by atoms with E-state index in [9.17, 15) is 0 Å². The fourth-order valence-corrected chi connectivity index (χ4v) is 1.23. The van der Waals surface area contributed by atoms with Crippen molar-refractivity contribution in [3.8, 4) is 0 Å². The Morgan fingerprint density at radius 2 is 1.77 bits per heavy atom. The Labute approximate surface area is 95.4 Å².